The van der Waals surface area contributed by atoms with Crippen molar-refractivity contribution in [1.82, 2.24) is 0 Å². The highest BCUT2D eigenvalue weighted by Gasteiger charge is 2.35. The molecule has 0 saturated heterocycles. The van der Waals surface area contributed by atoms with Crippen molar-refractivity contribution in [3.63, 3.8) is 0 Å². The molecule has 0 fully saturated rings. The molecule has 0 spiro atoms. The molecule has 0 N–H and O–H groups in total. The van der Waals surface area contributed by atoms with E-state index in [1.165, 1.54) is 112 Å². The third-order valence-corrected chi connectivity index (χ3v) is 15.2. The number of aryl methyl sites for hydroxylation is 10. The molecule has 0 aliphatic carbocycles. The van der Waals surface area contributed by atoms with Crippen LogP contribution < -0.4 is 4.90 Å². The fraction of sp³-hybridized carbons (Fsp3) is 0.422. The Labute approximate surface area is 401 Å². The van der Waals surface area contributed by atoms with Crippen LogP contribution in [0.15, 0.2) is 97.1 Å². The van der Waals surface area contributed by atoms with Gasteiger partial charge >= 0.3 is 0 Å². The van der Waals surface area contributed by atoms with Crippen LogP contribution >= 0.6 is 0 Å². The van der Waals surface area contributed by atoms with Gasteiger partial charge in [0.1, 0.15) is 24.5 Å². The normalized spacial score (nSPS) is 14.6. The highest BCUT2D eigenvalue weighted by molar-refractivity contribution is 5.84. The molecule has 2 heteroatoms. The van der Waals surface area contributed by atoms with Crippen molar-refractivity contribution in [3.8, 4) is 0 Å². The van der Waals surface area contributed by atoms with Gasteiger partial charge in [0.25, 0.3) is 0 Å². The van der Waals surface area contributed by atoms with E-state index >= 15 is 0 Å². The molecule has 7 rings (SSSR count). The third-order valence-electron chi connectivity index (χ3n) is 15.2. The predicted molar refractivity (Wildman–Crippen MR) is 287 cm³/mol. The number of hydrogen-bond acceptors (Lipinski definition) is 1. The molecule has 0 amide bonds. The average molecular weight is 878 g/mol. The van der Waals surface area contributed by atoms with Crippen LogP contribution in [0.4, 0.5) is 11.4 Å². The molecule has 0 bridgehead atoms. The van der Waals surface area contributed by atoms with E-state index in [1.54, 1.807) is 0 Å². The first-order valence-electron chi connectivity index (χ1n) is 25.9. The SMILES string of the molecule is CCc1cc(CC)cc([C@@H](C)c2cc(C)cc([C@H](C)c3cc(CC)cc(CC)c3)c2N2C=[N+](c3c([C@H](C)c4cc(C)cc(CC)c4)cc(C)cc3[C@H](C)c3cc(CC)cc(CC)c3)CC2)c1. The van der Waals surface area contributed by atoms with Gasteiger partial charge in [-0.25, -0.2) is 9.48 Å². The Morgan fingerprint density at radius 3 is 1.02 bits per heavy atom. The van der Waals surface area contributed by atoms with E-state index in [-0.39, 0.29) is 23.7 Å². The zero-order chi connectivity index (χ0) is 47.4. The summed E-state index contributed by atoms with van der Waals surface area (Å²) in [6.07, 6.45) is 9.81. The van der Waals surface area contributed by atoms with Crippen LogP contribution in [0.3, 0.4) is 0 Å². The maximum atomic E-state index is 2.66. The summed E-state index contributed by atoms with van der Waals surface area (Å²) in [5.74, 6) is 0.874. The van der Waals surface area contributed by atoms with Gasteiger partial charge in [-0.3, -0.25) is 0 Å². The number of hydrogen-bond donors (Lipinski definition) is 0. The summed E-state index contributed by atoms with van der Waals surface area (Å²) in [7, 11) is 0. The predicted octanol–water partition coefficient (Wildman–Crippen LogP) is 16.3. The first-order valence-corrected chi connectivity index (χ1v) is 25.9. The Balaban J connectivity index is 1.48. The van der Waals surface area contributed by atoms with Crippen LogP contribution in [0.2, 0.25) is 0 Å². The highest BCUT2D eigenvalue weighted by Crippen LogP contribution is 2.45. The smallest absolute Gasteiger partial charge is 0.229 e. The summed E-state index contributed by atoms with van der Waals surface area (Å²) in [5.41, 5.74) is 28.1. The number of benzene rings is 6. The fourth-order valence-electron chi connectivity index (χ4n) is 10.9. The molecule has 4 atom stereocenters. The maximum Gasteiger partial charge on any atom is 0.244 e. The van der Waals surface area contributed by atoms with Crippen molar-refractivity contribution in [2.45, 2.75) is 166 Å². The van der Waals surface area contributed by atoms with Gasteiger partial charge in [-0.1, -0.05) is 190 Å². The van der Waals surface area contributed by atoms with E-state index in [0.717, 1.165) is 58.0 Å². The number of rotatable bonds is 17. The molecule has 1 aliphatic heterocycles. The Hall–Kier alpha value is -5.21. The molecular formula is C64H81N2+. The van der Waals surface area contributed by atoms with Gasteiger partial charge in [0.15, 0.2) is 0 Å². The fourth-order valence-corrected chi connectivity index (χ4v) is 10.9. The molecule has 1 heterocycles. The summed E-state index contributed by atoms with van der Waals surface area (Å²) in [6, 6.07) is 39.4. The van der Waals surface area contributed by atoms with Crippen LogP contribution in [0.1, 0.15) is 200 Å². The van der Waals surface area contributed by atoms with Crippen LogP contribution in [-0.4, -0.2) is 24.0 Å². The van der Waals surface area contributed by atoms with Gasteiger partial charge < -0.3 is 0 Å². The lowest BCUT2D eigenvalue weighted by Crippen LogP contribution is -2.23. The minimum absolute atomic E-state index is 0.217. The van der Waals surface area contributed by atoms with E-state index in [2.05, 4.69) is 210 Å². The molecule has 6 aromatic carbocycles. The molecule has 0 saturated carbocycles. The summed E-state index contributed by atoms with van der Waals surface area (Å²) < 4.78 is 2.65. The Bertz CT molecular complexity index is 2560. The second-order valence-corrected chi connectivity index (χ2v) is 19.9. The van der Waals surface area contributed by atoms with Crippen molar-refractivity contribution < 1.29 is 4.58 Å². The Kier molecular flexibility index (Phi) is 15.6. The molecule has 66 heavy (non-hydrogen) atoms. The van der Waals surface area contributed by atoms with Gasteiger partial charge in [-0.05, 0) is 127 Å². The van der Waals surface area contributed by atoms with Gasteiger partial charge in [0.2, 0.25) is 6.34 Å². The first-order chi connectivity index (χ1) is 31.7. The molecule has 0 aromatic heterocycles. The molecule has 6 aromatic rings. The summed E-state index contributed by atoms with van der Waals surface area (Å²) in [6.45, 7) is 34.6. The average Bonchev–Trinajstić information content (AvgIpc) is 3.83. The monoisotopic (exact) mass is 878 g/mol. The first kappa shape index (κ1) is 48.7. The number of nitrogens with zero attached hydrogens (tertiary/aromatic N) is 2. The summed E-state index contributed by atoms with van der Waals surface area (Å²) in [5, 5.41) is 0. The van der Waals surface area contributed by atoms with Crippen molar-refractivity contribution >= 4 is 17.7 Å². The van der Waals surface area contributed by atoms with Gasteiger partial charge in [0.05, 0.1) is 0 Å². The highest BCUT2D eigenvalue weighted by atomic mass is 15.3. The zero-order valence-corrected chi connectivity index (χ0v) is 43.4. The molecule has 1 aliphatic rings. The minimum atomic E-state index is 0.217. The van der Waals surface area contributed by atoms with Crippen LogP contribution in [-0.2, 0) is 44.9 Å². The van der Waals surface area contributed by atoms with E-state index in [0.29, 0.717) is 0 Å². The van der Waals surface area contributed by atoms with Crippen LogP contribution in [0, 0.1) is 20.8 Å². The second kappa shape index (κ2) is 21.2. The topological polar surface area (TPSA) is 6.25 Å². The van der Waals surface area contributed by atoms with E-state index < -0.39 is 0 Å². The lowest BCUT2D eigenvalue weighted by atomic mass is 9.82. The zero-order valence-electron chi connectivity index (χ0n) is 43.4. The molecule has 346 valence electrons. The van der Waals surface area contributed by atoms with E-state index in [9.17, 15) is 0 Å². The quantitative estimate of drug-likeness (QED) is 0.0828. The second-order valence-electron chi connectivity index (χ2n) is 19.9. The Morgan fingerprint density at radius 2 is 0.667 bits per heavy atom. The van der Waals surface area contributed by atoms with Crippen LogP contribution in [0.25, 0.3) is 0 Å². The maximum absolute atomic E-state index is 2.66. The van der Waals surface area contributed by atoms with Crippen molar-refractivity contribution in [1.29, 1.82) is 0 Å². The third kappa shape index (κ3) is 10.3. The van der Waals surface area contributed by atoms with Gasteiger partial charge in [0, 0.05) is 45.9 Å². The summed E-state index contributed by atoms with van der Waals surface area (Å²) >= 11 is 0. The van der Waals surface area contributed by atoms with E-state index in [1.807, 2.05) is 0 Å². The molecule has 2 nitrogen and oxygen atoms in total. The summed E-state index contributed by atoms with van der Waals surface area (Å²) in [4.78, 5) is 2.66. The largest absolute Gasteiger partial charge is 0.244 e. The molecule has 0 radical (unpaired) electrons. The Morgan fingerprint density at radius 1 is 0.379 bits per heavy atom. The molecular weight excluding hydrogens is 797 g/mol. The number of anilines is 1. The van der Waals surface area contributed by atoms with Gasteiger partial charge in [-0.15, -0.1) is 0 Å². The van der Waals surface area contributed by atoms with Crippen molar-refractivity contribution in [2.75, 3.05) is 18.0 Å². The molecule has 0 unspecified atom stereocenters. The van der Waals surface area contributed by atoms with Gasteiger partial charge in [-0.2, -0.15) is 0 Å². The van der Waals surface area contributed by atoms with E-state index in [4.69, 9.17) is 0 Å². The minimum Gasteiger partial charge on any atom is -0.229 e. The van der Waals surface area contributed by atoms with Crippen molar-refractivity contribution in [2.24, 2.45) is 0 Å². The lowest BCUT2D eigenvalue weighted by molar-refractivity contribution is -0.425. The standard InChI is InChI=1S/C64H81N2/c1-15-48-24-41(8)25-55(33-48)44(11)59-26-42(9)27-60(45(12)56-34-49(16-2)30-50(17-3)35-56)63(59)65-22-23-66(40-65)64-61(46(13)57-36-51(18-4)31-52(19-5)37-57)28-43(10)29-62(64)47(14)58-38-53(20-6)32-54(21-7)39-58/h24-40,44-47H,15-23H2,1-14H3/q+1/t44-,45-,46-,47-/m1/s1. The lowest BCUT2D eigenvalue weighted by Gasteiger charge is -2.26. The van der Waals surface area contributed by atoms with Crippen molar-refractivity contribution in [3.05, 3.63) is 197 Å². The van der Waals surface area contributed by atoms with Crippen LogP contribution in [0.5, 0.6) is 0 Å².